The maximum atomic E-state index is 12.3. The average molecular weight is 452 g/mol. The van der Waals surface area contributed by atoms with Crippen LogP contribution in [0, 0.1) is 5.92 Å². The third-order valence-corrected chi connectivity index (χ3v) is 7.01. The summed E-state index contributed by atoms with van der Waals surface area (Å²) in [7, 11) is 1.96. The normalized spacial score (nSPS) is 14.6. The fraction of sp³-hybridized carbons (Fsp3) is 0.650. The maximum absolute atomic E-state index is 12.3. The number of aryl methyl sites for hydroxylation is 1. The molecule has 0 aromatic carbocycles. The predicted molar refractivity (Wildman–Crippen MR) is 118 cm³/mol. The third-order valence-electron chi connectivity index (χ3n) is 5.19. The van der Waals surface area contributed by atoms with Crippen LogP contribution >= 0.6 is 23.1 Å². The molecule has 0 saturated heterocycles. The Hall–Kier alpha value is -1.94. The molecule has 0 atom stereocenters. The number of thioether (sulfide) groups is 1. The smallest absolute Gasteiger partial charge is 0.311 e. The van der Waals surface area contributed by atoms with Crippen molar-refractivity contribution in [2.24, 2.45) is 13.0 Å². The summed E-state index contributed by atoms with van der Waals surface area (Å²) in [4.78, 5) is 28.0. The summed E-state index contributed by atoms with van der Waals surface area (Å²) in [5, 5.41) is 14.3. The maximum Gasteiger partial charge on any atom is 0.311 e. The molecule has 1 amide bonds. The Morgan fingerprint density at radius 1 is 1.30 bits per heavy atom. The largest absolute Gasteiger partial charge is 0.466 e. The molecule has 8 nitrogen and oxygen atoms in total. The van der Waals surface area contributed by atoms with E-state index in [1.54, 1.807) is 12.3 Å². The summed E-state index contributed by atoms with van der Waals surface area (Å²) in [6.07, 6.45) is 8.94. The summed E-state index contributed by atoms with van der Waals surface area (Å²) in [6, 6.07) is 0. The fourth-order valence-electron chi connectivity index (χ4n) is 3.59. The van der Waals surface area contributed by atoms with Crippen LogP contribution in [-0.4, -0.2) is 44.0 Å². The van der Waals surface area contributed by atoms with Crippen LogP contribution in [0.2, 0.25) is 0 Å². The van der Waals surface area contributed by atoms with E-state index in [4.69, 9.17) is 4.74 Å². The van der Waals surface area contributed by atoms with E-state index in [-0.39, 0.29) is 24.1 Å². The molecule has 0 aliphatic heterocycles. The highest BCUT2D eigenvalue weighted by Crippen LogP contribution is 2.27. The molecule has 10 heteroatoms. The SMILES string of the molecule is CCOC(=O)Cc1csc(NC(=O)CSc2nnc(CCC3CCCCC3)n2C)n1. The second-order valence-electron chi connectivity index (χ2n) is 7.46. The van der Waals surface area contributed by atoms with Gasteiger partial charge in [0.2, 0.25) is 5.91 Å². The zero-order chi connectivity index (χ0) is 21.3. The van der Waals surface area contributed by atoms with Gasteiger partial charge in [-0.25, -0.2) is 4.98 Å². The van der Waals surface area contributed by atoms with E-state index in [0.29, 0.717) is 17.4 Å². The minimum atomic E-state index is -0.321. The zero-order valence-corrected chi connectivity index (χ0v) is 19.2. The number of thiazole rings is 1. The Kier molecular flexibility index (Phi) is 8.68. The summed E-state index contributed by atoms with van der Waals surface area (Å²) in [5.41, 5.74) is 0.595. The van der Waals surface area contributed by atoms with Crippen LogP contribution in [0.4, 0.5) is 5.13 Å². The summed E-state index contributed by atoms with van der Waals surface area (Å²) in [6.45, 7) is 2.10. The lowest BCUT2D eigenvalue weighted by Crippen LogP contribution is -2.15. The van der Waals surface area contributed by atoms with Crippen molar-refractivity contribution in [2.45, 2.75) is 63.4 Å². The van der Waals surface area contributed by atoms with Gasteiger partial charge in [-0.1, -0.05) is 43.9 Å². The van der Waals surface area contributed by atoms with Gasteiger partial charge in [0, 0.05) is 18.8 Å². The Morgan fingerprint density at radius 2 is 2.10 bits per heavy atom. The number of aromatic nitrogens is 4. The van der Waals surface area contributed by atoms with Gasteiger partial charge in [0.1, 0.15) is 5.82 Å². The van der Waals surface area contributed by atoms with Crippen molar-refractivity contribution in [1.82, 2.24) is 19.7 Å². The summed E-state index contributed by atoms with van der Waals surface area (Å²) < 4.78 is 6.90. The first-order chi connectivity index (χ1) is 14.5. The van der Waals surface area contributed by atoms with Crippen LogP contribution in [0.25, 0.3) is 0 Å². The quantitative estimate of drug-likeness (QED) is 0.435. The lowest BCUT2D eigenvalue weighted by molar-refractivity contribution is -0.142. The number of nitrogens with one attached hydrogen (secondary N) is 1. The van der Waals surface area contributed by atoms with E-state index in [1.807, 2.05) is 11.6 Å². The predicted octanol–water partition coefficient (Wildman–Crippen LogP) is 3.62. The molecule has 1 aliphatic carbocycles. The number of nitrogens with zero attached hydrogens (tertiary/aromatic N) is 4. The van der Waals surface area contributed by atoms with Crippen LogP contribution in [-0.2, 0) is 34.2 Å². The number of ether oxygens (including phenoxy) is 1. The first-order valence-corrected chi connectivity index (χ1v) is 12.3. The number of hydrogen-bond acceptors (Lipinski definition) is 8. The van der Waals surface area contributed by atoms with Gasteiger partial charge in [-0.2, -0.15) is 0 Å². The molecule has 164 valence electrons. The van der Waals surface area contributed by atoms with Crippen molar-refractivity contribution in [3.63, 3.8) is 0 Å². The first kappa shape index (κ1) is 22.7. The topological polar surface area (TPSA) is 99.0 Å². The monoisotopic (exact) mass is 451 g/mol. The molecule has 1 saturated carbocycles. The van der Waals surface area contributed by atoms with Crippen LogP contribution in [0.5, 0.6) is 0 Å². The van der Waals surface area contributed by atoms with Gasteiger partial charge in [-0.3, -0.25) is 9.59 Å². The number of carbonyl (C=O) groups is 2. The Bertz CT molecular complexity index is 845. The van der Waals surface area contributed by atoms with Gasteiger partial charge in [0.15, 0.2) is 10.3 Å². The molecule has 0 radical (unpaired) electrons. The van der Waals surface area contributed by atoms with Crippen molar-refractivity contribution in [3.8, 4) is 0 Å². The highest BCUT2D eigenvalue weighted by Gasteiger charge is 2.17. The van der Waals surface area contributed by atoms with Gasteiger partial charge < -0.3 is 14.6 Å². The van der Waals surface area contributed by atoms with Gasteiger partial charge in [-0.15, -0.1) is 21.5 Å². The second kappa shape index (κ2) is 11.5. The number of anilines is 1. The molecule has 2 heterocycles. The Morgan fingerprint density at radius 3 is 2.87 bits per heavy atom. The number of esters is 1. The van der Waals surface area contributed by atoms with Gasteiger partial charge in [0.25, 0.3) is 0 Å². The van der Waals surface area contributed by atoms with E-state index < -0.39 is 0 Å². The van der Waals surface area contributed by atoms with Crippen LogP contribution in [0.1, 0.15) is 57.0 Å². The van der Waals surface area contributed by atoms with Gasteiger partial charge >= 0.3 is 5.97 Å². The molecule has 1 aliphatic rings. The van der Waals surface area contributed by atoms with Crippen molar-refractivity contribution in [2.75, 3.05) is 17.7 Å². The van der Waals surface area contributed by atoms with Crippen molar-refractivity contribution >= 4 is 40.1 Å². The lowest BCUT2D eigenvalue weighted by atomic mass is 9.86. The van der Waals surface area contributed by atoms with Crippen molar-refractivity contribution < 1.29 is 14.3 Å². The molecule has 30 heavy (non-hydrogen) atoms. The molecule has 2 aromatic heterocycles. The number of carbonyl (C=O) groups excluding carboxylic acids is 2. The molecule has 3 rings (SSSR count). The van der Waals surface area contributed by atoms with Crippen LogP contribution in [0.15, 0.2) is 10.5 Å². The molecule has 1 N–H and O–H groups in total. The Labute approximate surface area is 185 Å². The average Bonchev–Trinajstić information content (AvgIpc) is 3.31. The first-order valence-electron chi connectivity index (χ1n) is 10.5. The van der Waals surface area contributed by atoms with E-state index in [2.05, 4.69) is 20.5 Å². The summed E-state index contributed by atoms with van der Waals surface area (Å²) >= 11 is 2.65. The minimum Gasteiger partial charge on any atom is -0.466 e. The van der Waals surface area contributed by atoms with E-state index >= 15 is 0 Å². The van der Waals surface area contributed by atoms with Crippen LogP contribution in [0.3, 0.4) is 0 Å². The zero-order valence-electron chi connectivity index (χ0n) is 17.6. The standard InChI is InChI=1S/C20H29N5O3S2/c1-3-28-18(27)11-15-12-29-19(21-15)22-17(26)13-30-20-24-23-16(25(20)2)10-9-14-7-5-4-6-8-14/h12,14H,3-11,13H2,1-2H3,(H,21,22,26). The molecule has 0 spiro atoms. The highest BCUT2D eigenvalue weighted by molar-refractivity contribution is 7.99. The van der Waals surface area contributed by atoms with E-state index in [1.165, 1.54) is 55.2 Å². The van der Waals surface area contributed by atoms with E-state index in [0.717, 1.165) is 29.7 Å². The molecule has 0 unspecified atom stereocenters. The Balaban J connectivity index is 1.43. The third kappa shape index (κ3) is 6.80. The number of rotatable bonds is 10. The van der Waals surface area contributed by atoms with E-state index in [9.17, 15) is 9.59 Å². The minimum absolute atomic E-state index is 0.109. The van der Waals surface area contributed by atoms with Crippen LogP contribution < -0.4 is 5.32 Å². The second-order valence-corrected chi connectivity index (χ2v) is 9.26. The fourth-order valence-corrected chi connectivity index (χ4v) is 5.04. The molecule has 1 fully saturated rings. The summed E-state index contributed by atoms with van der Waals surface area (Å²) in [5.74, 6) is 1.53. The highest BCUT2D eigenvalue weighted by atomic mass is 32.2. The number of hydrogen-bond donors (Lipinski definition) is 1. The lowest BCUT2D eigenvalue weighted by Gasteiger charge is -2.20. The molecular formula is C20H29N5O3S2. The van der Waals surface area contributed by atoms with Crippen molar-refractivity contribution in [3.05, 3.63) is 16.9 Å². The van der Waals surface area contributed by atoms with Gasteiger partial charge in [0.05, 0.1) is 24.5 Å². The van der Waals surface area contributed by atoms with Crippen molar-refractivity contribution in [1.29, 1.82) is 0 Å². The molecule has 0 bridgehead atoms. The van der Waals surface area contributed by atoms with Gasteiger partial charge in [-0.05, 0) is 19.3 Å². The molecular weight excluding hydrogens is 422 g/mol. The molecule has 2 aromatic rings. The number of amides is 1.